The number of thiazole rings is 1. The number of fused-ring (bicyclic) bond motifs is 3. The van der Waals surface area contributed by atoms with Crippen molar-refractivity contribution >= 4 is 39.1 Å². The van der Waals surface area contributed by atoms with Gasteiger partial charge in [-0.15, -0.1) is 0 Å². The van der Waals surface area contributed by atoms with Crippen molar-refractivity contribution < 1.29 is 10.0 Å². The van der Waals surface area contributed by atoms with E-state index in [0.29, 0.717) is 9.49 Å². The van der Waals surface area contributed by atoms with Crippen molar-refractivity contribution in [2.24, 2.45) is 0 Å². The number of rotatable bonds is 2. The van der Waals surface area contributed by atoms with Gasteiger partial charge in [-0.25, -0.2) is 9.38 Å². The maximum absolute atomic E-state index is 12.8. The average molecular weight is 367 g/mol. The van der Waals surface area contributed by atoms with Gasteiger partial charge in [0.2, 0.25) is 0 Å². The number of nitrogens with zero attached hydrogens (tertiary/aromatic N) is 3. The van der Waals surface area contributed by atoms with Crippen LogP contribution in [0.5, 0.6) is 5.75 Å². The first-order chi connectivity index (χ1) is 12.3. The Balaban J connectivity index is 1.99. The third-order valence-electron chi connectivity index (χ3n) is 4.36. The van der Waals surface area contributed by atoms with Crippen LogP contribution in [0.3, 0.4) is 0 Å². The number of phenols is 1. The number of benzene rings is 2. The van der Waals surface area contributed by atoms with Crippen LogP contribution in [-0.2, 0) is 0 Å². The van der Waals surface area contributed by atoms with Crippen LogP contribution < -0.4 is 10.1 Å². The highest BCUT2D eigenvalue weighted by Gasteiger charge is 2.14. The maximum atomic E-state index is 12.8. The van der Waals surface area contributed by atoms with Gasteiger partial charge in [0, 0.05) is 17.7 Å². The zero-order chi connectivity index (χ0) is 18.6. The van der Waals surface area contributed by atoms with Crippen molar-refractivity contribution in [3.05, 3.63) is 72.0 Å². The van der Waals surface area contributed by atoms with E-state index in [2.05, 4.69) is 4.98 Å². The number of aryl methyl sites for hydroxylation is 2. The molecule has 0 fully saturated rings. The van der Waals surface area contributed by atoms with Gasteiger partial charge >= 0.3 is 0 Å². The van der Waals surface area contributed by atoms with Gasteiger partial charge in [0.25, 0.3) is 11.2 Å². The summed E-state index contributed by atoms with van der Waals surface area (Å²) in [5.41, 5.74) is 3.45. The molecule has 0 spiro atoms. The molecule has 0 amide bonds. The lowest BCUT2D eigenvalue weighted by molar-refractivity contribution is -0.384. The SMILES string of the molecule is Cc1cc2nc3s/c(=C\c4cc([N+](=O)[O-])ccc4O)c(=O)n3c2cc1C. The first-order valence-electron chi connectivity index (χ1n) is 7.76. The van der Waals surface area contributed by atoms with Gasteiger partial charge in [0.15, 0.2) is 4.96 Å². The van der Waals surface area contributed by atoms with Crippen LogP contribution >= 0.6 is 11.3 Å². The van der Waals surface area contributed by atoms with Crippen LogP contribution in [-0.4, -0.2) is 19.4 Å². The van der Waals surface area contributed by atoms with E-state index in [1.807, 2.05) is 26.0 Å². The molecule has 0 atom stereocenters. The fourth-order valence-electron chi connectivity index (χ4n) is 2.83. The molecule has 0 aliphatic carbocycles. The van der Waals surface area contributed by atoms with E-state index in [9.17, 15) is 20.0 Å². The number of imidazole rings is 1. The molecule has 1 N–H and O–H groups in total. The Morgan fingerprint density at radius 3 is 2.69 bits per heavy atom. The zero-order valence-electron chi connectivity index (χ0n) is 13.9. The highest BCUT2D eigenvalue weighted by molar-refractivity contribution is 7.15. The maximum Gasteiger partial charge on any atom is 0.274 e. The van der Waals surface area contributed by atoms with E-state index < -0.39 is 4.92 Å². The Bertz CT molecular complexity index is 1320. The number of aromatic nitrogens is 2. The molecule has 26 heavy (non-hydrogen) atoms. The highest BCUT2D eigenvalue weighted by atomic mass is 32.1. The summed E-state index contributed by atoms with van der Waals surface area (Å²) in [6, 6.07) is 7.56. The fourth-order valence-corrected chi connectivity index (χ4v) is 3.81. The molecule has 0 radical (unpaired) electrons. The van der Waals surface area contributed by atoms with Crippen molar-refractivity contribution in [3.63, 3.8) is 0 Å². The van der Waals surface area contributed by atoms with Gasteiger partial charge in [-0.2, -0.15) is 0 Å². The number of hydrogen-bond acceptors (Lipinski definition) is 6. The Morgan fingerprint density at radius 1 is 1.23 bits per heavy atom. The van der Waals surface area contributed by atoms with E-state index >= 15 is 0 Å². The molecule has 0 aliphatic heterocycles. The van der Waals surface area contributed by atoms with Gasteiger partial charge in [-0.1, -0.05) is 11.3 Å². The first-order valence-corrected chi connectivity index (χ1v) is 8.58. The summed E-state index contributed by atoms with van der Waals surface area (Å²) in [5, 5.41) is 20.9. The minimum absolute atomic E-state index is 0.127. The second-order valence-electron chi connectivity index (χ2n) is 6.07. The largest absolute Gasteiger partial charge is 0.507 e. The first kappa shape index (κ1) is 16.2. The summed E-state index contributed by atoms with van der Waals surface area (Å²) in [7, 11) is 0. The van der Waals surface area contributed by atoms with Crippen molar-refractivity contribution in [3.8, 4) is 5.75 Å². The molecule has 2 aromatic heterocycles. The Hall–Kier alpha value is -3.26. The van der Waals surface area contributed by atoms with Crippen LogP contribution in [0, 0.1) is 24.0 Å². The molecular weight excluding hydrogens is 354 g/mol. The van der Waals surface area contributed by atoms with Crippen LogP contribution in [0.1, 0.15) is 16.7 Å². The van der Waals surface area contributed by atoms with E-state index in [0.717, 1.165) is 22.2 Å². The predicted molar refractivity (Wildman–Crippen MR) is 99.9 cm³/mol. The van der Waals surface area contributed by atoms with Crippen molar-refractivity contribution in [1.29, 1.82) is 0 Å². The molecule has 0 aliphatic rings. The summed E-state index contributed by atoms with van der Waals surface area (Å²) in [4.78, 5) is 28.2. The van der Waals surface area contributed by atoms with Crippen LogP contribution in [0.15, 0.2) is 35.1 Å². The smallest absolute Gasteiger partial charge is 0.274 e. The Labute approximate surface area is 150 Å². The van der Waals surface area contributed by atoms with Gasteiger partial charge in [0.05, 0.1) is 20.5 Å². The molecule has 130 valence electrons. The zero-order valence-corrected chi connectivity index (χ0v) is 14.7. The number of nitro groups is 1. The number of aromatic hydroxyl groups is 1. The summed E-state index contributed by atoms with van der Waals surface area (Å²) in [6.07, 6.45) is 1.46. The normalized spacial score (nSPS) is 12.3. The monoisotopic (exact) mass is 367 g/mol. The molecule has 0 saturated carbocycles. The highest BCUT2D eigenvalue weighted by Crippen LogP contribution is 2.24. The van der Waals surface area contributed by atoms with E-state index in [-0.39, 0.29) is 22.6 Å². The number of hydrogen-bond donors (Lipinski definition) is 1. The van der Waals surface area contributed by atoms with Gasteiger partial charge in [-0.3, -0.25) is 14.9 Å². The molecule has 8 heteroatoms. The third-order valence-corrected chi connectivity index (χ3v) is 5.33. The fraction of sp³-hybridized carbons (Fsp3) is 0.111. The van der Waals surface area contributed by atoms with Crippen molar-refractivity contribution in [1.82, 2.24) is 9.38 Å². The van der Waals surface area contributed by atoms with Gasteiger partial charge in [-0.05, 0) is 49.2 Å². The van der Waals surface area contributed by atoms with Crippen LogP contribution in [0.4, 0.5) is 5.69 Å². The summed E-state index contributed by atoms with van der Waals surface area (Å²) in [6.45, 7) is 3.96. The predicted octanol–water partition coefficient (Wildman–Crippen LogP) is 2.69. The lowest BCUT2D eigenvalue weighted by Gasteiger charge is -1.99. The Morgan fingerprint density at radius 2 is 1.96 bits per heavy atom. The Kier molecular flexibility index (Phi) is 3.52. The molecule has 2 aromatic carbocycles. The molecule has 4 rings (SSSR count). The summed E-state index contributed by atoms with van der Waals surface area (Å²) >= 11 is 1.18. The molecule has 0 saturated heterocycles. The topological polar surface area (TPSA) is 97.7 Å². The molecule has 0 unspecified atom stereocenters. The molecule has 0 bridgehead atoms. The molecule has 7 nitrogen and oxygen atoms in total. The summed E-state index contributed by atoms with van der Waals surface area (Å²) < 4.78 is 1.88. The van der Waals surface area contributed by atoms with Gasteiger partial charge in [0.1, 0.15) is 5.75 Å². The van der Waals surface area contributed by atoms with E-state index in [4.69, 9.17) is 0 Å². The van der Waals surface area contributed by atoms with E-state index in [1.165, 1.54) is 40.0 Å². The van der Waals surface area contributed by atoms with E-state index in [1.54, 1.807) is 0 Å². The average Bonchev–Trinajstić information content (AvgIpc) is 3.07. The molecule has 4 aromatic rings. The number of non-ortho nitro benzene ring substituents is 1. The number of nitro benzene ring substituents is 1. The lowest BCUT2D eigenvalue weighted by atomic mass is 10.1. The lowest BCUT2D eigenvalue weighted by Crippen LogP contribution is -2.22. The second-order valence-corrected chi connectivity index (χ2v) is 7.08. The minimum Gasteiger partial charge on any atom is -0.507 e. The third kappa shape index (κ3) is 2.42. The van der Waals surface area contributed by atoms with Crippen molar-refractivity contribution in [2.75, 3.05) is 0 Å². The van der Waals surface area contributed by atoms with Crippen LogP contribution in [0.2, 0.25) is 0 Å². The summed E-state index contributed by atoms with van der Waals surface area (Å²) in [5.74, 6) is -0.127. The molecule has 2 heterocycles. The molecular formula is C18H13N3O4S. The standard InChI is InChI=1S/C18H13N3O4S/c1-9-5-13-14(6-10(9)2)20-17(23)16(26-18(20)19-13)8-11-7-12(21(24)25)3-4-15(11)22/h3-8,22H,1-2H3/b16-8-. The second kappa shape index (κ2) is 5.63. The van der Waals surface area contributed by atoms with Gasteiger partial charge < -0.3 is 5.11 Å². The quantitative estimate of drug-likeness (QED) is 0.434. The number of phenolic OH excluding ortho intramolecular Hbond substituents is 1. The van der Waals surface area contributed by atoms with Crippen LogP contribution in [0.25, 0.3) is 22.1 Å². The van der Waals surface area contributed by atoms with Crippen molar-refractivity contribution in [2.45, 2.75) is 13.8 Å². The minimum atomic E-state index is -0.547.